The van der Waals surface area contributed by atoms with Crippen molar-refractivity contribution in [1.29, 1.82) is 0 Å². The summed E-state index contributed by atoms with van der Waals surface area (Å²) in [5.41, 5.74) is 8.45. The van der Waals surface area contributed by atoms with Gasteiger partial charge >= 0.3 is 0 Å². The van der Waals surface area contributed by atoms with Crippen molar-refractivity contribution in [3.63, 3.8) is 0 Å². The van der Waals surface area contributed by atoms with E-state index in [-0.39, 0.29) is 0 Å². The van der Waals surface area contributed by atoms with Crippen LogP contribution in [0.5, 0.6) is 0 Å². The van der Waals surface area contributed by atoms with Crippen molar-refractivity contribution in [2.45, 2.75) is 73.3 Å². The molecule has 0 amide bonds. The summed E-state index contributed by atoms with van der Waals surface area (Å²) in [5, 5.41) is 0. The van der Waals surface area contributed by atoms with Gasteiger partial charge < -0.3 is 4.90 Å². The van der Waals surface area contributed by atoms with Gasteiger partial charge in [0.1, 0.15) is 0 Å². The minimum atomic E-state index is 0.454. The first-order valence-corrected chi connectivity index (χ1v) is 8.17. The zero-order valence-electron chi connectivity index (χ0n) is 14.9. The van der Waals surface area contributed by atoms with E-state index in [0.29, 0.717) is 17.9 Å². The Hall–Kier alpha value is -1.31. The number of pyridine rings is 1. The van der Waals surface area contributed by atoms with Gasteiger partial charge in [-0.25, -0.2) is 0 Å². The van der Waals surface area contributed by atoms with Gasteiger partial charge in [0.05, 0.1) is 0 Å². The van der Waals surface area contributed by atoms with Crippen LogP contribution in [-0.4, -0.2) is 17.6 Å². The van der Waals surface area contributed by atoms with Gasteiger partial charge in [0.15, 0.2) is 0 Å². The Balaban J connectivity index is 2.79. The summed E-state index contributed by atoms with van der Waals surface area (Å²) in [6.45, 7) is 19.2. The number of aryl methyl sites for hydroxylation is 1. The number of nitrogens with zero attached hydrogens (tertiary/aromatic N) is 2. The lowest BCUT2D eigenvalue weighted by Gasteiger charge is -2.33. The number of hydrogen-bond acceptors (Lipinski definition) is 2. The highest BCUT2D eigenvalue weighted by atomic mass is 15.2. The van der Waals surface area contributed by atoms with Crippen LogP contribution in [-0.2, 0) is 0 Å². The zero-order valence-corrected chi connectivity index (χ0v) is 14.9. The second-order valence-electron chi connectivity index (χ2n) is 7.12. The lowest BCUT2D eigenvalue weighted by molar-refractivity contribution is 0.698. The predicted octanol–water partition coefficient (Wildman–Crippen LogP) is 5.18. The Labute approximate surface area is 130 Å². The summed E-state index contributed by atoms with van der Waals surface area (Å²) in [6.07, 6.45) is 2.09. The molecular formula is C19H30N2. The smallest absolute Gasteiger partial charge is 0.0478 e. The van der Waals surface area contributed by atoms with Crippen LogP contribution in [0.15, 0.2) is 17.3 Å². The fourth-order valence-electron chi connectivity index (χ4n) is 3.37. The molecule has 1 aromatic heterocycles. The van der Waals surface area contributed by atoms with Gasteiger partial charge in [0, 0.05) is 41.6 Å². The van der Waals surface area contributed by atoms with E-state index in [4.69, 9.17) is 4.98 Å². The molecule has 2 rings (SSSR count). The van der Waals surface area contributed by atoms with Crippen LogP contribution in [0.2, 0.25) is 0 Å². The van der Waals surface area contributed by atoms with Crippen LogP contribution in [0, 0.1) is 6.92 Å². The van der Waals surface area contributed by atoms with Crippen LogP contribution in [0.4, 0.5) is 5.69 Å². The second-order valence-corrected chi connectivity index (χ2v) is 7.12. The molecule has 0 radical (unpaired) electrons. The van der Waals surface area contributed by atoms with E-state index in [1.165, 1.54) is 33.7 Å². The molecule has 0 unspecified atom stereocenters. The number of fused-ring (bicyclic) bond motifs is 1. The zero-order chi connectivity index (χ0) is 15.9. The number of anilines is 1. The van der Waals surface area contributed by atoms with Gasteiger partial charge in [-0.3, -0.25) is 4.98 Å². The van der Waals surface area contributed by atoms with Crippen LogP contribution < -0.4 is 4.90 Å². The molecule has 0 spiro atoms. The standard InChI is InChI=1S/C19H30N2/c1-11(2)17-9-20-16(8)18-15(7)14(6)13(5)10-21(12(3)4)19(17)18/h9,11-12,15H,10H2,1-8H3/t15-/m1/s1. The molecule has 0 aromatic carbocycles. The summed E-state index contributed by atoms with van der Waals surface area (Å²) in [7, 11) is 0. The molecule has 1 aliphatic rings. The summed E-state index contributed by atoms with van der Waals surface area (Å²) in [6, 6.07) is 0.496. The van der Waals surface area contributed by atoms with Gasteiger partial charge in [-0.1, -0.05) is 31.9 Å². The largest absolute Gasteiger partial charge is 0.365 e. The molecule has 0 bridgehead atoms. The van der Waals surface area contributed by atoms with Crippen molar-refractivity contribution in [2.75, 3.05) is 11.4 Å². The molecule has 0 aliphatic carbocycles. The van der Waals surface area contributed by atoms with Gasteiger partial charge in [-0.2, -0.15) is 0 Å². The minimum absolute atomic E-state index is 0.454. The number of rotatable bonds is 2. The highest BCUT2D eigenvalue weighted by Gasteiger charge is 2.29. The number of hydrogen-bond donors (Lipinski definition) is 0. The van der Waals surface area contributed by atoms with Crippen molar-refractivity contribution >= 4 is 5.69 Å². The van der Waals surface area contributed by atoms with Crippen LogP contribution in [0.25, 0.3) is 0 Å². The molecule has 1 aliphatic heterocycles. The van der Waals surface area contributed by atoms with E-state index >= 15 is 0 Å². The molecule has 0 N–H and O–H groups in total. The second kappa shape index (κ2) is 5.82. The predicted molar refractivity (Wildman–Crippen MR) is 92.3 cm³/mol. The first kappa shape index (κ1) is 16.1. The van der Waals surface area contributed by atoms with E-state index < -0.39 is 0 Å². The van der Waals surface area contributed by atoms with Crippen molar-refractivity contribution in [2.24, 2.45) is 0 Å². The molecule has 2 heterocycles. The van der Waals surface area contributed by atoms with Gasteiger partial charge in [-0.15, -0.1) is 0 Å². The molecule has 0 saturated carbocycles. The van der Waals surface area contributed by atoms with E-state index in [1.807, 2.05) is 0 Å². The van der Waals surface area contributed by atoms with E-state index in [2.05, 4.69) is 66.5 Å². The normalized spacial score (nSPS) is 19.3. The quantitative estimate of drug-likeness (QED) is 0.696. The third-order valence-electron chi connectivity index (χ3n) is 5.01. The van der Waals surface area contributed by atoms with Crippen LogP contribution in [0.3, 0.4) is 0 Å². The van der Waals surface area contributed by atoms with Crippen molar-refractivity contribution < 1.29 is 0 Å². The van der Waals surface area contributed by atoms with Gasteiger partial charge in [0.25, 0.3) is 0 Å². The van der Waals surface area contributed by atoms with E-state index in [0.717, 1.165) is 6.54 Å². The average molecular weight is 286 g/mol. The summed E-state index contributed by atoms with van der Waals surface area (Å²) in [5.74, 6) is 0.953. The Bertz CT molecular complexity index is 567. The van der Waals surface area contributed by atoms with Crippen LogP contribution in [0.1, 0.15) is 77.1 Å². The Kier molecular flexibility index (Phi) is 4.46. The first-order chi connectivity index (χ1) is 9.75. The van der Waals surface area contributed by atoms with Crippen molar-refractivity contribution in [3.05, 3.63) is 34.2 Å². The topological polar surface area (TPSA) is 16.1 Å². The number of aromatic nitrogens is 1. The average Bonchev–Trinajstić information content (AvgIpc) is 2.50. The molecule has 21 heavy (non-hydrogen) atoms. The molecule has 1 atom stereocenters. The molecular weight excluding hydrogens is 256 g/mol. The SMILES string of the molecule is CC1=C(C)[C@@H](C)c2c(C)ncc(C(C)C)c2N(C(C)C)C1. The maximum Gasteiger partial charge on any atom is 0.0478 e. The van der Waals surface area contributed by atoms with E-state index in [1.54, 1.807) is 0 Å². The van der Waals surface area contributed by atoms with Crippen LogP contribution >= 0.6 is 0 Å². The van der Waals surface area contributed by atoms with E-state index in [9.17, 15) is 0 Å². The molecule has 116 valence electrons. The van der Waals surface area contributed by atoms with Gasteiger partial charge in [0.2, 0.25) is 0 Å². The summed E-state index contributed by atoms with van der Waals surface area (Å²) >= 11 is 0. The first-order valence-electron chi connectivity index (χ1n) is 8.17. The molecule has 0 fully saturated rings. The third kappa shape index (κ3) is 2.73. The van der Waals surface area contributed by atoms with Gasteiger partial charge in [-0.05, 0) is 46.1 Å². The summed E-state index contributed by atoms with van der Waals surface area (Å²) in [4.78, 5) is 7.28. The monoisotopic (exact) mass is 286 g/mol. The molecule has 1 aromatic rings. The molecule has 2 heteroatoms. The highest BCUT2D eigenvalue weighted by molar-refractivity contribution is 5.66. The maximum absolute atomic E-state index is 4.71. The Morgan fingerprint density at radius 3 is 2.29 bits per heavy atom. The Morgan fingerprint density at radius 1 is 1.14 bits per heavy atom. The minimum Gasteiger partial charge on any atom is -0.365 e. The summed E-state index contributed by atoms with van der Waals surface area (Å²) < 4.78 is 0. The third-order valence-corrected chi connectivity index (χ3v) is 5.01. The fraction of sp³-hybridized carbons (Fsp3) is 0.632. The number of allylic oxidation sites excluding steroid dienone is 1. The molecule has 0 saturated heterocycles. The molecule has 2 nitrogen and oxygen atoms in total. The Morgan fingerprint density at radius 2 is 1.76 bits per heavy atom. The fourth-order valence-corrected chi connectivity index (χ4v) is 3.37. The van der Waals surface area contributed by atoms with Crippen molar-refractivity contribution in [3.8, 4) is 0 Å². The lowest BCUT2D eigenvalue weighted by Crippen LogP contribution is -2.33. The van der Waals surface area contributed by atoms with Crippen molar-refractivity contribution in [1.82, 2.24) is 4.98 Å². The maximum atomic E-state index is 4.71. The lowest BCUT2D eigenvalue weighted by atomic mass is 9.87. The highest BCUT2D eigenvalue weighted by Crippen LogP contribution is 2.43.